The van der Waals surface area contributed by atoms with E-state index in [9.17, 15) is 4.79 Å². The Labute approximate surface area is 118 Å². The van der Waals surface area contributed by atoms with E-state index in [-0.39, 0.29) is 12.0 Å². The van der Waals surface area contributed by atoms with Gasteiger partial charge >= 0.3 is 5.97 Å². The molecule has 0 bridgehead atoms. The molecule has 0 aliphatic carbocycles. The van der Waals surface area contributed by atoms with E-state index in [4.69, 9.17) is 4.74 Å². The Kier molecular flexibility index (Phi) is 4.53. The number of carbonyl (C=O) groups excluding carboxylic acids is 1. The van der Waals surface area contributed by atoms with E-state index in [1.807, 2.05) is 55.1 Å². The lowest BCUT2D eigenvalue weighted by molar-refractivity contribution is -0.143. The summed E-state index contributed by atoms with van der Waals surface area (Å²) in [5.41, 5.74) is 0.875. The van der Waals surface area contributed by atoms with Gasteiger partial charge in [-0.05, 0) is 12.5 Å². The van der Waals surface area contributed by atoms with Crippen molar-refractivity contribution in [2.45, 2.75) is 19.0 Å². The highest BCUT2D eigenvalue weighted by Gasteiger charge is 2.24. The standard InChI is InChI=1S/C15H19N3O2/c1-11(14-16-9-10-18(14)2)17-13(15(19)20-3)12-7-5-4-6-8-12/h4-11,13,17H,1-3H3. The van der Waals surface area contributed by atoms with Gasteiger partial charge < -0.3 is 9.30 Å². The van der Waals surface area contributed by atoms with E-state index in [0.717, 1.165) is 11.4 Å². The number of hydrogen-bond donors (Lipinski definition) is 1. The molecule has 2 aromatic rings. The third-order valence-electron chi connectivity index (χ3n) is 3.23. The van der Waals surface area contributed by atoms with E-state index in [1.165, 1.54) is 7.11 Å². The molecule has 5 nitrogen and oxygen atoms in total. The van der Waals surface area contributed by atoms with Crippen molar-refractivity contribution in [2.24, 2.45) is 7.05 Å². The van der Waals surface area contributed by atoms with E-state index < -0.39 is 6.04 Å². The van der Waals surface area contributed by atoms with E-state index in [1.54, 1.807) is 6.20 Å². The van der Waals surface area contributed by atoms with Gasteiger partial charge in [0.2, 0.25) is 0 Å². The van der Waals surface area contributed by atoms with E-state index in [2.05, 4.69) is 10.3 Å². The van der Waals surface area contributed by atoms with Gasteiger partial charge in [-0.15, -0.1) is 0 Å². The fourth-order valence-electron chi connectivity index (χ4n) is 2.18. The molecule has 0 amide bonds. The number of nitrogens with one attached hydrogen (secondary N) is 1. The first-order valence-corrected chi connectivity index (χ1v) is 6.49. The molecule has 0 aliphatic rings. The Bertz CT molecular complexity index is 566. The van der Waals surface area contributed by atoms with Crippen molar-refractivity contribution in [1.29, 1.82) is 0 Å². The van der Waals surface area contributed by atoms with Gasteiger partial charge in [0.1, 0.15) is 11.9 Å². The molecule has 2 unspecified atom stereocenters. The zero-order chi connectivity index (χ0) is 14.5. The second-order valence-electron chi connectivity index (χ2n) is 4.65. The first-order chi connectivity index (χ1) is 9.63. The average Bonchev–Trinajstić information content (AvgIpc) is 2.91. The number of imidazole rings is 1. The van der Waals surface area contributed by atoms with Crippen LogP contribution >= 0.6 is 0 Å². The highest BCUT2D eigenvalue weighted by atomic mass is 16.5. The predicted molar refractivity (Wildman–Crippen MR) is 76.0 cm³/mol. The largest absolute Gasteiger partial charge is 0.468 e. The number of nitrogens with zero attached hydrogens (tertiary/aromatic N) is 2. The molecule has 2 atom stereocenters. The maximum atomic E-state index is 12.0. The summed E-state index contributed by atoms with van der Waals surface area (Å²) in [4.78, 5) is 16.3. The summed E-state index contributed by atoms with van der Waals surface area (Å²) in [5.74, 6) is 0.562. The van der Waals surface area contributed by atoms with Gasteiger partial charge in [-0.2, -0.15) is 0 Å². The maximum Gasteiger partial charge on any atom is 0.327 e. The topological polar surface area (TPSA) is 56.1 Å². The molecule has 0 saturated heterocycles. The van der Waals surface area contributed by atoms with Crippen LogP contribution in [0.3, 0.4) is 0 Å². The van der Waals surface area contributed by atoms with Gasteiger partial charge in [0.25, 0.3) is 0 Å². The number of benzene rings is 1. The second-order valence-corrected chi connectivity index (χ2v) is 4.65. The van der Waals surface area contributed by atoms with Crippen LogP contribution in [0.2, 0.25) is 0 Å². The zero-order valence-electron chi connectivity index (χ0n) is 11.9. The highest BCUT2D eigenvalue weighted by Crippen LogP contribution is 2.19. The minimum atomic E-state index is -0.507. The Morgan fingerprint density at radius 3 is 2.60 bits per heavy atom. The highest BCUT2D eigenvalue weighted by molar-refractivity contribution is 5.77. The summed E-state index contributed by atoms with van der Waals surface area (Å²) in [7, 11) is 3.32. The minimum absolute atomic E-state index is 0.0701. The third kappa shape index (κ3) is 3.05. The fraction of sp³-hybridized carbons (Fsp3) is 0.333. The minimum Gasteiger partial charge on any atom is -0.468 e. The summed E-state index contributed by atoms with van der Waals surface area (Å²) in [6.45, 7) is 1.97. The van der Waals surface area contributed by atoms with Crippen LogP contribution in [0.4, 0.5) is 0 Å². The van der Waals surface area contributed by atoms with Gasteiger partial charge in [0, 0.05) is 19.4 Å². The van der Waals surface area contributed by atoms with Crippen molar-refractivity contribution in [3.8, 4) is 0 Å². The predicted octanol–water partition coefficient (Wildman–Crippen LogP) is 1.98. The van der Waals surface area contributed by atoms with Crippen molar-refractivity contribution < 1.29 is 9.53 Å². The first-order valence-electron chi connectivity index (χ1n) is 6.49. The molecule has 1 aromatic carbocycles. The Morgan fingerprint density at radius 1 is 1.35 bits per heavy atom. The van der Waals surface area contributed by atoms with Crippen molar-refractivity contribution in [3.05, 3.63) is 54.1 Å². The number of carbonyl (C=O) groups is 1. The molecule has 0 saturated carbocycles. The van der Waals surface area contributed by atoms with Crippen LogP contribution in [0.25, 0.3) is 0 Å². The molecular weight excluding hydrogens is 254 g/mol. The molecular formula is C15H19N3O2. The molecule has 106 valence electrons. The number of esters is 1. The molecule has 0 spiro atoms. The lowest BCUT2D eigenvalue weighted by Gasteiger charge is -2.21. The number of methoxy groups -OCH3 is 1. The van der Waals surface area contributed by atoms with Crippen molar-refractivity contribution in [2.75, 3.05) is 7.11 Å². The fourth-order valence-corrected chi connectivity index (χ4v) is 2.18. The van der Waals surface area contributed by atoms with Gasteiger partial charge in [-0.1, -0.05) is 30.3 Å². The molecule has 0 aliphatic heterocycles. The maximum absolute atomic E-state index is 12.0. The molecule has 1 heterocycles. The average molecular weight is 273 g/mol. The quantitative estimate of drug-likeness (QED) is 0.846. The lowest BCUT2D eigenvalue weighted by atomic mass is 10.1. The molecule has 1 aromatic heterocycles. The molecule has 20 heavy (non-hydrogen) atoms. The summed E-state index contributed by atoms with van der Waals surface area (Å²) in [6.07, 6.45) is 3.62. The van der Waals surface area contributed by atoms with Gasteiger partial charge in [-0.3, -0.25) is 5.32 Å². The third-order valence-corrected chi connectivity index (χ3v) is 3.23. The Morgan fingerprint density at radius 2 is 2.05 bits per heavy atom. The summed E-state index contributed by atoms with van der Waals surface area (Å²) in [6, 6.07) is 8.95. The SMILES string of the molecule is COC(=O)C(NC(C)c1nccn1C)c1ccccc1. The van der Waals surface area contributed by atoms with Crippen LogP contribution in [0.1, 0.15) is 30.4 Å². The van der Waals surface area contributed by atoms with Crippen LogP contribution in [0.15, 0.2) is 42.7 Å². The molecule has 1 N–H and O–H groups in total. The monoisotopic (exact) mass is 273 g/mol. The van der Waals surface area contributed by atoms with Crippen LogP contribution in [0.5, 0.6) is 0 Å². The smallest absolute Gasteiger partial charge is 0.327 e. The van der Waals surface area contributed by atoms with Gasteiger partial charge in [0.15, 0.2) is 0 Å². The van der Waals surface area contributed by atoms with Gasteiger partial charge in [-0.25, -0.2) is 9.78 Å². The normalized spacial score (nSPS) is 13.8. The summed E-state index contributed by atoms with van der Waals surface area (Å²) in [5, 5.41) is 3.27. The van der Waals surface area contributed by atoms with Gasteiger partial charge in [0.05, 0.1) is 13.2 Å². The summed E-state index contributed by atoms with van der Waals surface area (Å²) >= 11 is 0. The Balaban J connectivity index is 2.21. The number of rotatable bonds is 5. The van der Waals surface area contributed by atoms with Crippen molar-refractivity contribution in [1.82, 2.24) is 14.9 Å². The number of aromatic nitrogens is 2. The summed E-state index contributed by atoms with van der Waals surface area (Å²) < 4.78 is 6.81. The molecule has 5 heteroatoms. The first kappa shape index (κ1) is 14.3. The number of aryl methyl sites for hydroxylation is 1. The zero-order valence-corrected chi connectivity index (χ0v) is 11.9. The van der Waals surface area contributed by atoms with Crippen LogP contribution in [-0.4, -0.2) is 22.6 Å². The second kappa shape index (κ2) is 6.34. The van der Waals surface area contributed by atoms with E-state index in [0.29, 0.717) is 0 Å². The molecule has 0 fully saturated rings. The van der Waals surface area contributed by atoms with Crippen LogP contribution in [0, 0.1) is 0 Å². The van der Waals surface area contributed by atoms with E-state index >= 15 is 0 Å². The number of hydrogen-bond acceptors (Lipinski definition) is 4. The number of ether oxygens (including phenoxy) is 1. The van der Waals surface area contributed by atoms with Crippen LogP contribution in [-0.2, 0) is 16.6 Å². The molecule has 0 radical (unpaired) electrons. The lowest BCUT2D eigenvalue weighted by Crippen LogP contribution is -2.32. The Hall–Kier alpha value is -2.14. The van der Waals surface area contributed by atoms with Crippen molar-refractivity contribution in [3.63, 3.8) is 0 Å². The van der Waals surface area contributed by atoms with Crippen LogP contribution < -0.4 is 5.32 Å². The molecule has 2 rings (SSSR count). The van der Waals surface area contributed by atoms with Crippen molar-refractivity contribution >= 4 is 5.97 Å².